The predicted octanol–water partition coefficient (Wildman–Crippen LogP) is 2.91. The van der Waals surface area contributed by atoms with Crippen LogP contribution in [0.2, 0.25) is 0 Å². The van der Waals surface area contributed by atoms with Gasteiger partial charge >= 0.3 is 5.97 Å². The van der Waals surface area contributed by atoms with Crippen LogP contribution >= 0.6 is 0 Å². The van der Waals surface area contributed by atoms with Crippen LogP contribution in [-0.4, -0.2) is 38.5 Å². The first-order valence-electron chi connectivity index (χ1n) is 8.49. The third-order valence-corrected chi connectivity index (χ3v) is 7.48. The summed E-state index contributed by atoms with van der Waals surface area (Å²) in [5.41, 5.74) is 0.354. The second kappa shape index (κ2) is 6.85. The molecule has 0 amide bonds. The van der Waals surface area contributed by atoms with Crippen molar-refractivity contribution < 1.29 is 23.1 Å². The van der Waals surface area contributed by atoms with Crippen molar-refractivity contribution >= 4 is 15.8 Å². The first-order valence-corrected chi connectivity index (χ1v) is 10.0. The smallest absolute Gasteiger partial charge is 0.314 e. The van der Waals surface area contributed by atoms with Gasteiger partial charge in [-0.25, -0.2) is 8.42 Å². The van der Waals surface area contributed by atoms with Crippen molar-refractivity contribution in [1.29, 1.82) is 0 Å². The zero-order chi connectivity index (χ0) is 18.9. The molecule has 0 aliphatic heterocycles. The number of aliphatic carboxylic acids is 1. The van der Waals surface area contributed by atoms with Crippen LogP contribution in [0.4, 0.5) is 0 Å². The van der Waals surface area contributed by atoms with Crippen LogP contribution in [0.1, 0.15) is 24.0 Å². The molecular formula is C20H22O5S. The number of hydrogen-bond donors (Lipinski definition) is 1. The predicted molar refractivity (Wildman–Crippen MR) is 97.9 cm³/mol. The third-order valence-electron chi connectivity index (χ3n) is 5.19. The standard InChI is InChI=1S/C20H22O5S/c1-3-14-9-11-15(12-10-14)17-18(20(17,13-25-2)19(21)22)26(23,24)16-7-5-4-6-8-16/h4-12,17-18H,3,13H2,1-2H3,(H,21,22)/t17-,18+,20+/m1/s1. The van der Waals surface area contributed by atoms with Crippen molar-refractivity contribution in [2.75, 3.05) is 13.7 Å². The molecule has 2 aromatic carbocycles. The maximum absolute atomic E-state index is 13.2. The average molecular weight is 374 g/mol. The van der Waals surface area contributed by atoms with E-state index in [0.29, 0.717) is 5.56 Å². The number of carboxylic acid groups (broad SMARTS) is 1. The van der Waals surface area contributed by atoms with Crippen LogP contribution in [0.3, 0.4) is 0 Å². The average Bonchev–Trinajstić information content (AvgIpc) is 3.34. The molecule has 0 radical (unpaired) electrons. The van der Waals surface area contributed by atoms with Gasteiger partial charge < -0.3 is 9.84 Å². The number of hydrogen-bond acceptors (Lipinski definition) is 4. The van der Waals surface area contributed by atoms with E-state index >= 15 is 0 Å². The summed E-state index contributed by atoms with van der Waals surface area (Å²) < 4.78 is 31.5. The molecule has 0 unspecified atom stereocenters. The normalized spacial score (nSPS) is 25.0. The Hall–Kier alpha value is -2.18. The molecular weight excluding hydrogens is 352 g/mol. The molecule has 1 saturated carbocycles. The summed E-state index contributed by atoms with van der Waals surface area (Å²) in [6, 6.07) is 15.5. The molecule has 1 aliphatic rings. The SMILES string of the molecule is CCc1ccc([C@@H]2[C@H](S(=O)(=O)c3ccccc3)[C@@]2(COC)C(=O)O)cc1. The molecule has 5 nitrogen and oxygen atoms in total. The Kier molecular flexibility index (Phi) is 4.90. The molecule has 0 spiro atoms. The lowest BCUT2D eigenvalue weighted by Crippen LogP contribution is -2.28. The van der Waals surface area contributed by atoms with Gasteiger partial charge in [0.05, 0.1) is 16.8 Å². The highest BCUT2D eigenvalue weighted by molar-refractivity contribution is 7.92. The molecule has 26 heavy (non-hydrogen) atoms. The van der Waals surface area contributed by atoms with Crippen molar-refractivity contribution in [3.05, 3.63) is 65.7 Å². The Morgan fingerprint density at radius 1 is 1.12 bits per heavy atom. The van der Waals surface area contributed by atoms with E-state index in [0.717, 1.165) is 12.0 Å². The van der Waals surface area contributed by atoms with Crippen LogP contribution in [0.15, 0.2) is 59.5 Å². The van der Waals surface area contributed by atoms with E-state index in [1.165, 1.54) is 19.2 Å². The minimum absolute atomic E-state index is 0.138. The monoisotopic (exact) mass is 374 g/mol. The summed E-state index contributed by atoms with van der Waals surface area (Å²) in [7, 11) is -2.42. The Bertz CT molecular complexity index is 890. The first kappa shape index (κ1) is 18.6. The van der Waals surface area contributed by atoms with Gasteiger partial charge in [-0.2, -0.15) is 0 Å². The van der Waals surface area contributed by atoms with Crippen molar-refractivity contribution in [3.63, 3.8) is 0 Å². The van der Waals surface area contributed by atoms with Gasteiger partial charge in [-0.3, -0.25) is 4.79 Å². The Balaban J connectivity index is 2.09. The van der Waals surface area contributed by atoms with Crippen LogP contribution in [0.5, 0.6) is 0 Å². The lowest BCUT2D eigenvalue weighted by Gasteiger charge is -2.12. The second-order valence-electron chi connectivity index (χ2n) is 6.63. The fourth-order valence-electron chi connectivity index (χ4n) is 3.78. The topological polar surface area (TPSA) is 80.7 Å². The molecule has 6 heteroatoms. The summed E-state index contributed by atoms with van der Waals surface area (Å²) in [4.78, 5) is 12.3. The quantitative estimate of drug-likeness (QED) is 0.806. The summed E-state index contributed by atoms with van der Waals surface area (Å²) in [5.74, 6) is -1.79. The molecule has 0 saturated heterocycles. The van der Waals surface area contributed by atoms with E-state index in [4.69, 9.17) is 4.74 Å². The van der Waals surface area contributed by atoms with E-state index in [-0.39, 0.29) is 11.5 Å². The van der Waals surface area contributed by atoms with Gasteiger partial charge in [-0.15, -0.1) is 0 Å². The lowest BCUT2D eigenvalue weighted by molar-refractivity contribution is -0.145. The van der Waals surface area contributed by atoms with E-state index < -0.39 is 32.4 Å². The van der Waals surface area contributed by atoms with Crippen molar-refractivity contribution in [2.24, 2.45) is 5.41 Å². The highest BCUT2D eigenvalue weighted by Gasteiger charge is 2.76. The Morgan fingerprint density at radius 2 is 1.73 bits per heavy atom. The maximum atomic E-state index is 13.2. The summed E-state index contributed by atoms with van der Waals surface area (Å²) in [6.45, 7) is 1.88. The van der Waals surface area contributed by atoms with Gasteiger partial charge in [0, 0.05) is 13.0 Å². The van der Waals surface area contributed by atoms with Crippen molar-refractivity contribution in [3.8, 4) is 0 Å². The number of ether oxygens (including phenoxy) is 1. The van der Waals surface area contributed by atoms with E-state index in [1.54, 1.807) is 18.2 Å². The molecule has 1 fully saturated rings. The number of carboxylic acids is 1. The number of carbonyl (C=O) groups is 1. The van der Waals surface area contributed by atoms with Gasteiger partial charge in [0.1, 0.15) is 5.41 Å². The molecule has 3 rings (SSSR count). The zero-order valence-electron chi connectivity index (χ0n) is 14.8. The van der Waals surface area contributed by atoms with Gasteiger partial charge in [-0.1, -0.05) is 49.4 Å². The maximum Gasteiger partial charge on any atom is 0.314 e. The summed E-state index contributed by atoms with van der Waals surface area (Å²) in [6.07, 6.45) is 0.860. The number of aryl methyl sites for hydroxylation is 1. The molecule has 0 aromatic heterocycles. The fourth-order valence-corrected chi connectivity index (χ4v) is 6.16. The minimum atomic E-state index is -3.81. The second-order valence-corrected chi connectivity index (χ2v) is 8.70. The van der Waals surface area contributed by atoms with Gasteiger partial charge in [0.15, 0.2) is 9.84 Å². The summed E-state index contributed by atoms with van der Waals surface area (Å²) in [5, 5.41) is 8.85. The van der Waals surface area contributed by atoms with E-state index in [1.807, 2.05) is 31.2 Å². The van der Waals surface area contributed by atoms with Crippen LogP contribution in [-0.2, 0) is 25.8 Å². The summed E-state index contributed by atoms with van der Waals surface area (Å²) >= 11 is 0. The first-order chi connectivity index (χ1) is 12.4. The van der Waals surface area contributed by atoms with Crippen LogP contribution < -0.4 is 0 Å². The van der Waals surface area contributed by atoms with Gasteiger partial charge in [0.25, 0.3) is 0 Å². The van der Waals surface area contributed by atoms with E-state index in [9.17, 15) is 18.3 Å². The minimum Gasteiger partial charge on any atom is -0.481 e. The zero-order valence-corrected chi connectivity index (χ0v) is 15.6. The molecule has 0 bridgehead atoms. The van der Waals surface area contributed by atoms with Crippen molar-refractivity contribution in [1.82, 2.24) is 0 Å². The molecule has 1 N–H and O–H groups in total. The highest BCUT2D eigenvalue weighted by atomic mass is 32.2. The van der Waals surface area contributed by atoms with Gasteiger partial charge in [-0.05, 0) is 29.7 Å². The van der Waals surface area contributed by atoms with Crippen molar-refractivity contribution in [2.45, 2.75) is 29.4 Å². The third kappa shape index (κ3) is 2.83. The fraction of sp³-hybridized carbons (Fsp3) is 0.350. The lowest BCUT2D eigenvalue weighted by atomic mass is 9.99. The molecule has 1 aliphatic carbocycles. The largest absolute Gasteiger partial charge is 0.481 e. The number of benzene rings is 2. The number of rotatable bonds is 7. The molecule has 0 heterocycles. The molecule has 3 atom stereocenters. The van der Waals surface area contributed by atoms with Crippen LogP contribution in [0, 0.1) is 5.41 Å². The molecule has 2 aromatic rings. The van der Waals surface area contributed by atoms with Gasteiger partial charge in [0.2, 0.25) is 0 Å². The number of sulfone groups is 1. The number of methoxy groups -OCH3 is 1. The van der Waals surface area contributed by atoms with Crippen LogP contribution in [0.25, 0.3) is 0 Å². The van der Waals surface area contributed by atoms with E-state index in [2.05, 4.69) is 0 Å². The Morgan fingerprint density at radius 3 is 2.23 bits per heavy atom. The highest BCUT2D eigenvalue weighted by Crippen LogP contribution is 2.64. The molecule has 138 valence electrons. The Labute approximate surface area is 153 Å².